The van der Waals surface area contributed by atoms with Crippen LogP contribution in [-0.2, 0) is 11.3 Å². The van der Waals surface area contributed by atoms with Crippen molar-refractivity contribution >= 4 is 46.7 Å². The van der Waals surface area contributed by atoms with Crippen LogP contribution in [0.5, 0.6) is 5.75 Å². The van der Waals surface area contributed by atoms with Crippen molar-refractivity contribution in [2.24, 2.45) is 0 Å². The molecule has 7 nitrogen and oxygen atoms in total. The monoisotopic (exact) mass is 463 g/mol. The second kappa shape index (κ2) is 10.5. The van der Waals surface area contributed by atoms with Crippen LogP contribution in [0.3, 0.4) is 0 Å². The first-order chi connectivity index (χ1) is 14.5. The van der Waals surface area contributed by atoms with Gasteiger partial charge in [0.05, 0.1) is 15.8 Å². The highest BCUT2D eigenvalue weighted by Crippen LogP contribution is 2.29. The standard InChI is InChI=1S/C20H19Cl2N5O2S/c1-3-10-27-19(13(2)29-16-7-5-4-6-15(16)22)25-26-20(27)30-12-18(28)24-17-9-8-14(21)11-23-17/h3-9,11,13H,1,10,12H2,2H3,(H,23,24,28). The van der Waals surface area contributed by atoms with Gasteiger partial charge >= 0.3 is 0 Å². The molecule has 156 valence electrons. The van der Waals surface area contributed by atoms with E-state index in [1.54, 1.807) is 30.3 Å². The van der Waals surface area contributed by atoms with Crippen LogP contribution < -0.4 is 10.1 Å². The van der Waals surface area contributed by atoms with Gasteiger partial charge in [0.2, 0.25) is 5.91 Å². The van der Waals surface area contributed by atoms with Crippen LogP contribution in [0.2, 0.25) is 10.0 Å². The van der Waals surface area contributed by atoms with E-state index >= 15 is 0 Å². The second-order valence-electron chi connectivity index (χ2n) is 6.13. The summed E-state index contributed by atoms with van der Waals surface area (Å²) in [6.07, 6.45) is 2.80. The van der Waals surface area contributed by atoms with Crippen LogP contribution in [0.25, 0.3) is 0 Å². The van der Waals surface area contributed by atoms with Crippen LogP contribution in [0, 0.1) is 0 Å². The lowest BCUT2D eigenvalue weighted by atomic mass is 10.3. The van der Waals surface area contributed by atoms with E-state index in [0.29, 0.717) is 39.1 Å². The van der Waals surface area contributed by atoms with E-state index in [4.69, 9.17) is 27.9 Å². The minimum Gasteiger partial charge on any atom is -0.481 e. The molecular formula is C20H19Cl2N5O2S. The van der Waals surface area contributed by atoms with Crippen LogP contribution in [0.4, 0.5) is 5.82 Å². The average molecular weight is 464 g/mol. The van der Waals surface area contributed by atoms with E-state index in [9.17, 15) is 4.79 Å². The smallest absolute Gasteiger partial charge is 0.236 e. The summed E-state index contributed by atoms with van der Waals surface area (Å²) >= 11 is 13.2. The molecule has 0 aliphatic carbocycles. The molecule has 0 aliphatic heterocycles. The first-order valence-electron chi connectivity index (χ1n) is 8.97. The van der Waals surface area contributed by atoms with Crippen molar-refractivity contribution in [1.82, 2.24) is 19.7 Å². The number of allylic oxidation sites excluding steroid dienone is 1. The maximum absolute atomic E-state index is 12.2. The number of nitrogens with one attached hydrogen (secondary N) is 1. The molecule has 1 atom stereocenters. The van der Waals surface area contributed by atoms with E-state index in [2.05, 4.69) is 27.1 Å². The Balaban J connectivity index is 1.67. The molecule has 2 aromatic heterocycles. The number of pyridine rings is 1. The molecule has 10 heteroatoms. The molecule has 2 heterocycles. The van der Waals surface area contributed by atoms with E-state index in [1.165, 1.54) is 18.0 Å². The van der Waals surface area contributed by atoms with Gasteiger partial charge < -0.3 is 10.1 Å². The average Bonchev–Trinajstić information content (AvgIpc) is 3.13. The number of benzene rings is 1. The van der Waals surface area contributed by atoms with Crippen LogP contribution in [0.1, 0.15) is 18.9 Å². The summed E-state index contributed by atoms with van der Waals surface area (Å²) < 4.78 is 7.80. The number of rotatable bonds is 9. The predicted molar refractivity (Wildman–Crippen MR) is 119 cm³/mol. The molecule has 3 aromatic rings. The van der Waals surface area contributed by atoms with Crippen LogP contribution in [-0.4, -0.2) is 31.4 Å². The number of nitrogens with zero attached hydrogens (tertiary/aromatic N) is 4. The number of anilines is 1. The number of amides is 1. The van der Waals surface area contributed by atoms with Gasteiger partial charge in [-0.1, -0.05) is 53.2 Å². The highest BCUT2D eigenvalue weighted by Gasteiger charge is 2.20. The molecular weight excluding hydrogens is 445 g/mol. The molecule has 30 heavy (non-hydrogen) atoms. The van der Waals surface area contributed by atoms with Crippen LogP contribution in [0.15, 0.2) is 60.4 Å². The number of halogens is 2. The zero-order chi connectivity index (χ0) is 21.5. The van der Waals surface area contributed by atoms with Gasteiger partial charge in [0, 0.05) is 12.7 Å². The Labute approximate surface area is 188 Å². The first-order valence-corrected chi connectivity index (χ1v) is 10.7. The van der Waals surface area contributed by atoms with Gasteiger partial charge in [0.25, 0.3) is 0 Å². The zero-order valence-electron chi connectivity index (χ0n) is 16.1. The molecule has 3 rings (SSSR count). The molecule has 0 bridgehead atoms. The molecule has 0 saturated carbocycles. The topological polar surface area (TPSA) is 81.9 Å². The van der Waals surface area contributed by atoms with Crippen molar-refractivity contribution in [2.75, 3.05) is 11.1 Å². The Hall–Kier alpha value is -2.55. The SMILES string of the molecule is C=CCn1c(SCC(=O)Nc2ccc(Cl)cn2)nnc1C(C)Oc1ccccc1Cl. The molecule has 0 radical (unpaired) electrons. The number of para-hydroxylation sites is 1. The fourth-order valence-corrected chi connectivity index (χ4v) is 3.60. The quantitative estimate of drug-likeness (QED) is 0.353. The molecule has 0 spiro atoms. The van der Waals surface area contributed by atoms with Crippen molar-refractivity contribution in [2.45, 2.75) is 24.7 Å². The summed E-state index contributed by atoms with van der Waals surface area (Å²) in [6.45, 7) is 6.12. The van der Waals surface area contributed by atoms with Gasteiger partial charge in [-0.15, -0.1) is 16.8 Å². The van der Waals surface area contributed by atoms with Gasteiger partial charge in [-0.2, -0.15) is 0 Å². The summed E-state index contributed by atoms with van der Waals surface area (Å²) in [5.41, 5.74) is 0. The third-order valence-electron chi connectivity index (χ3n) is 3.89. The third-order valence-corrected chi connectivity index (χ3v) is 5.39. The number of hydrogen-bond donors (Lipinski definition) is 1. The number of carbonyl (C=O) groups excluding carboxylic acids is 1. The Morgan fingerprint density at radius 3 is 2.80 bits per heavy atom. The molecule has 1 amide bonds. The highest BCUT2D eigenvalue weighted by atomic mass is 35.5. The van der Waals surface area contributed by atoms with Gasteiger partial charge in [-0.3, -0.25) is 9.36 Å². The van der Waals surface area contributed by atoms with E-state index in [1.807, 2.05) is 23.6 Å². The summed E-state index contributed by atoms with van der Waals surface area (Å²) in [7, 11) is 0. The van der Waals surface area contributed by atoms with Crippen molar-refractivity contribution in [3.8, 4) is 5.75 Å². The van der Waals surface area contributed by atoms with Gasteiger partial charge in [0.1, 0.15) is 11.6 Å². The summed E-state index contributed by atoms with van der Waals surface area (Å²) in [5.74, 6) is 1.52. The lowest BCUT2D eigenvalue weighted by molar-refractivity contribution is -0.113. The fourth-order valence-electron chi connectivity index (χ4n) is 2.55. The van der Waals surface area contributed by atoms with Gasteiger partial charge in [0.15, 0.2) is 17.1 Å². The normalized spacial score (nSPS) is 11.7. The summed E-state index contributed by atoms with van der Waals surface area (Å²) in [5, 5.41) is 12.8. The Kier molecular flexibility index (Phi) is 7.73. The summed E-state index contributed by atoms with van der Waals surface area (Å²) in [6, 6.07) is 10.5. The largest absolute Gasteiger partial charge is 0.481 e. The molecule has 0 aliphatic rings. The third kappa shape index (κ3) is 5.75. The van der Waals surface area contributed by atoms with Crippen molar-refractivity contribution in [3.63, 3.8) is 0 Å². The second-order valence-corrected chi connectivity index (χ2v) is 7.92. The zero-order valence-corrected chi connectivity index (χ0v) is 18.4. The van der Waals surface area contributed by atoms with Crippen LogP contribution >= 0.6 is 35.0 Å². The van der Waals surface area contributed by atoms with Gasteiger partial charge in [-0.25, -0.2) is 4.98 Å². The molecule has 1 aromatic carbocycles. The minimum atomic E-state index is -0.404. The van der Waals surface area contributed by atoms with Crippen molar-refractivity contribution < 1.29 is 9.53 Å². The van der Waals surface area contributed by atoms with E-state index in [-0.39, 0.29) is 11.7 Å². The lowest BCUT2D eigenvalue weighted by Gasteiger charge is -2.16. The molecule has 0 saturated heterocycles. The maximum Gasteiger partial charge on any atom is 0.236 e. The Morgan fingerprint density at radius 2 is 2.10 bits per heavy atom. The summed E-state index contributed by atoms with van der Waals surface area (Å²) in [4.78, 5) is 16.3. The Bertz CT molecular complexity index is 1030. The number of thioether (sulfide) groups is 1. The highest BCUT2D eigenvalue weighted by molar-refractivity contribution is 7.99. The molecule has 0 fully saturated rings. The molecule has 1 unspecified atom stereocenters. The molecule has 1 N–H and O–H groups in total. The van der Waals surface area contributed by atoms with E-state index in [0.717, 1.165) is 0 Å². The number of hydrogen-bond acceptors (Lipinski definition) is 6. The lowest BCUT2D eigenvalue weighted by Crippen LogP contribution is -2.16. The predicted octanol–water partition coefficient (Wildman–Crippen LogP) is 5.04. The first kappa shape index (κ1) is 22.1. The number of aromatic nitrogens is 4. The Morgan fingerprint density at radius 1 is 1.30 bits per heavy atom. The van der Waals surface area contributed by atoms with Crippen molar-refractivity contribution in [1.29, 1.82) is 0 Å². The fraction of sp³-hybridized carbons (Fsp3) is 0.200. The number of ether oxygens (including phenoxy) is 1. The van der Waals surface area contributed by atoms with Gasteiger partial charge in [-0.05, 0) is 31.2 Å². The minimum absolute atomic E-state index is 0.138. The van der Waals surface area contributed by atoms with E-state index < -0.39 is 6.10 Å². The van der Waals surface area contributed by atoms with Crippen molar-refractivity contribution in [3.05, 3.63) is 71.1 Å². The maximum atomic E-state index is 12.2. The number of carbonyl (C=O) groups is 1.